The van der Waals surface area contributed by atoms with Crippen LogP contribution in [0, 0.1) is 0 Å². The molecule has 0 bridgehead atoms. The maximum atomic E-state index is 6.75. The highest BCUT2D eigenvalue weighted by Crippen LogP contribution is 2.32. The summed E-state index contributed by atoms with van der Waals surface area (Å²) >= 11 is 1.67. The van der Waals surface area contributed by atoms with Crippen molar-refractivity contribution in [2.24, 2.45) is 0 Å². The Morgan fingerprint density at radius 3 is 2.32 bits per heavy atom. The van der Waals surface area contributed by atoms with E-state index in [9.17, 15) is 0 Å². The van der Waals surface area contributed by atoms with Crippen molar-refractivity contribution in [1.29, 1.82) is 0 Å². The third-order valence-corrected chi connectivity index (χ3v) is 3.55. The molecule has 2 N–H and O–H groups in total. The molecule has 0 aliphatic heterocycles. The second-order valence-electron chi connectivity index (χ2n) is 3.66. The van der Waals surface area contributed by atoms with Crippen LogP contribution < -0.4 is 5.73 Å². The Morgan fingerprint density at radius 2 is 1.63 bits per heavy atom. The minimum absolute atomic E-state index is 0.779. The zero-order valence-electron chi connectivity index (χ0n) is 9.89. The van der Waals surface area contributed by atoms with Crippen molar-refractivity contribution in [3.8, 4) is 10.6 Å². The van der Waals surface area contributed by atoms with Crippen molar-refractivity contribution in [1.82, 2.24) is 4.98 Å². The summed E-state index contributed by atoms with van der Waals surface area (Å²) in [5.74, 6) is 0. The zero-order valence-corrected chi connectivity index (χ0v) is 10.7. The first-order valence-electron chi connectivity index (χ1n) is 5.45. The molecule has 0 aliphatic rings. The minimum atomic E-state index is 0.779. The summed E-state index contributed by atoms with van der Waals surface area (Å²) in [6.45, 7) is 0. The summed E-state index contributed by atoms with van der Waals surface area (Å²) in [4.78, 5) is 6.08. The summed E-state index contributed by atoms with van der Waals surface area (Å²) in [7, 11) is 0. The van der Waals surface area contributed by atoms with Crippen LogP contribution in [-0.4, -0.2) is 4.98 Å². The lowest BCUT2D eigenvalue weighted by Gasteiger charge is -1.99. The van der Waals surface area contributed by atoms with Crippen LogP contribution in [0.3, 0.4) is 0 Å². The third-order valence-electron chi connectivity index (χ3n) is 2.49. The summed E-state index contributed by atoms with van der Waals surface area (Å²) < 4.78 is 1.20. The van der Waals surface area contributed by atoms with Gasteiger partial charge in [-0.2, -0.15) is 0 Å². The molecule has 0 radical (unpaired) electrons. The smallest absolute Gasteiger partial charge is 0.126 e. The molecule has 0 unspecified atom stereocenters. The lowest BCUT2D eigenvalue weighted by atomic mass is 10.2. The largest absolute Gasteiger partial charge is 0.398 e. The van der Waals surface area contributed by atoms with Crippen molar-refractivity contribution < 1.29 is 0 Å². The van der Waals surface area contributed by atoms with Gasteiger partial charge in [0.1, 0.15) is 5.01 Å². The number of nitrogen functional groups attached to an aromatic ring is 1. The van der Waals surface area contributed by atoms with Crippen LogP contribution in [0.5, 0.6) is 0 Å². The van der Waals surface area contributed by atoms with Gasteiger partial charge in [-0.15, -0.1) is 11.3 Å². The molecule has 0 saturated heterocycles. The lowest BCUT2D eigenvalue weighted by Crippen LogP contribution is -1.87. The van der Waals surface area contributed by atoms with E-state index in [1.165, 1.54) is 9.61 Å². The Balaban J connectivity index is 0.000000408. The average molecular weight is 268 g/mol. The number of thiazole rings is 1. The number of fused-ring (bicyclic) bond motifs is 1. The van der Waals surface area contributed by atoms with E-state index in [1.807, 2.05) is 42.5 Å². The number of anilines is 1. The Bertz CT molecular complexity index is 695. The fourth-order valence-corrected chi connectivity index (χ4v) is 2.69. The Hall–Kier alpha value is -2.56. The lowest BCUT2D eigenvalue weighted by molar-refractivity contribution is 1.48. The van der Waals surface area contributed by atoms with E-state index in [0.29, 0.717) is 0 Å². The van der Waals surface area contributed by atoms with Gasteiger partial charge in [0.15, 0.2) is 0 Å². The van der Waals surface area contributed by atoms with Crippen LogP contribution in [0.2, 0.25) is 0 Å². The van der Waals surface area contributed by atoms with Gasteiger partial charge in [-0.25, -0.2) is 4.98 Å². The molecule has 1 heterocycles. The van der Waals surface area contributed by atoms with Crippen molar-refractivity contribution in [2.75, 3.05) is 5.73 Å². The molecule has 0 atom stereocenters. The van der Waals surface area contributed by atoms with Gasteiger partial charge in [0.05, 0.1) is 10.2 Å². The predicted octanol–water partition coefficient (Wildman–Crippen LogP) is 4.41. The Morgan fingerprint density at radius 1 is 1.00 bits per heavy atom. The molecule has 2 aromatic carbocycles. The van der Waals surface area contributed by atoms with E-state index in [2.05, 4.69) is 11.1 Å². The number of nitrogens with zero attached hydrogens (tertiary/aromatic N) is 4. The molecule has 0 saturated carbocycles. The van der Waals surface area contributed by atoms with Crippen LogP contribution in [0.25, 0.3) is 36.8 Å². The van der Waals surface area contributed by atoms with Crippen LogP contribution in [0.4, 0.5) is 5.69 Å². The molecule has 0 spiro atoms. The molecule has 94 valence electrons. The Labute approximate surface area is 113 Å². The first-order valence-corrected chi connectivity index (χ1v) is 6.27. The van der Waals surface area contributed by atoms with Gasteiger partial charge in [-0.3, -0.25) is 4.91 Å². The summed E-state index contributed by atoms with van der Waals surface area (Å²) in [6.07, 6.45) is 0. The van der Waals surface area contributed by atoms with Gasteiger partial charge < -0.3 is 16.8 Å². The highest BCUT2D eigenvalue weighted by atomic mass is 32.1. The molecule has 3 aromatic rings. The van der Waals surface area contributed by atoms with E-state index >= 15 is 0 Å². The maximum Gasteiger partial charge on any atom is 0.126 e. The van der Waals surface area contributed by atoms with E-state index in [1.54, 1.807) is 11.3 Å². The summed E-state index contributed by atoms with van der Waals surface area (Å²) in [5.41, 5.74) is 22.3. The van der Waals surface area contributed by atoms with Gasteiger partial charge in [-0.1, -0.05) is 24.3 Å². The van der Waals surface area contributed by atoms with Crippen molar-refractivity contribution >= 4 is 27.2 Å². The van der Waals surface area contributed by atoms with Gasteiger partial charge >= 0.3 is 0 Å². The van der Waals surface area contributed by atoms with Gasteiger partial charge in [-0.05, 0) is 24.3 Å². The molecule has 0 amide bonds. The zero-order chi connectivity index (χ0) is 13.7. The Kier molecular flexibility index (Phi) is 3.97. The molecule has 0 fully saturated rings. The summed E-state index contributed by atoms with van der Waals surface area (Å²) in [6, 6.07) is 16.0. The predicted molar refractivity (Wildman–Crippen MR) is 79.5 cm³/mol. The molecule has 5 nitrogen and oxygen atoms in total. The second kappa shape index (κ2) is 5.86. The van der Waals surface area contributed by atoms with E-state index in [0.717, 1.165) is 21.8 Å². The molecule has 0 aliphatic carbocycles. The van der Waals surface area contributed by atoms with Gasteiger partial charge in [0.2, 0.25) is 0 Å². The normalized spacial score (nSPS) is 9.47. The SMILES string of the molecule is Nc1ccccc1-c1nc2ccccc2s1.[N-]=[N+]=[N-]. The third kappa shape index (κ3) is 2.82. The number of benzene rings is 2. The average Bonchev–Trinajstić information content (AvgIpc) is 2.83. The minimum Gasteiger partial charge on any atom is -0.398 e. The van der Waals surface area contributed by atoms with Crippen molar-refractivity contribution in [3.05, 3.63) is 64.5 Å². The first kappa shape index (κ1) is 12.9. The van der Waals surface area contributed by atoms with Crippen LogP contribution in [0.1, 0.15) is 0 Å². The quantitative estimate of drug-likeness (QED) is 0.306. The maximum absolute atomic E-state index is 6.75. The van der Waals surface area contributed by atoms with Gasteiger partial charge in [0, 0.05) is 11.3 Å². The van der Waals surface area contributed by atoms with Crippen molar-refractivity contribution in [2.45, 2.75) is 0 Å². The van der Waals surface area contributed by atoms with Crippen LogP contribution in [0.15, 0.2) is 48.5 Å². The molecule has 3 rings (SSSR count). The number of hydrogen-bond acceptors (Lipinski definition) is 3. The number of hydrogen-bond donors (Lipinski definition) is 1. The standard InChI is InChI=1S/C13H10N2S.N3/c14-10-6-2-1-5-9(10)13-15-11-7-3-4-8-12(11)16-13;1-3-2/h1-8H,14H2;/q;-1. The molecular formula is C13H10N5S-. The molecule has 1 aromatic heterocycles. The first-order chi connectivity index (χ1) is 9.26. The number of nitrogens with two attached hydrogens (primary N) is 1. The monoisotopic (exact) mass is 268 g/mol. The highest BCUT2D eigenvalue weighted by molar-refractivity contribution is 7.21. The van der Waals surface area contributed by atoms with E-state index in [4.69, 9.17) is 16.8 Å². The van der Waals surface area contributed by atoms with E-state index in [-0.39, 0.29) is 0 Å². The fourth-order valence-electron chi connectivity index (χ4n) is 1.68. The number of para-hydroxylation sites is 2. The van der Waals surface area contributed by atoms with Gasteiger partial charge in [0.25, 0.3) is 0 Å². The fraction of sp³-hybridized carbons (Fsp3) is 0. The second-order valence-corrected chi connectivity index (χ2v) is 4.69. The molecule has 6 heteroatoms. The van der Waals surface area contributed by atoms with Crippen molar-refractivity contribution in [3.63, 3.8) is 0 Å². The van der Waals surface area contributed by atoms with Crippen LogP contribution in [-0.2, 0) is 0 Å². The van der Waals surface area contributed by atoms with Crippen LogP contribution >= 0.6 is 11.3 Å². The topological polar surface area (TPSA) is 97.6 Å². The highest BCUT2D eigenvalue weighted by Gasteiger charge is 2.07. The van der Waals surface area contributed by atoms with E-state index < -0.39 is 0 Å². The molecular weight excluding hydrogens is 258 g/mol. The number of aromatic nitrogens is 1. The summed E-state index contributed by atoms with van der Waals surface area (Å²) in [5, 5.41) is 0.985. The molecule has 19 heavy (non-hydrogen) atoms. The number of rotatable bonds is 1.